The van der Waals surface area contributed by atoms with Crippen LogP contribution in [0, 0.1) is 6.92 Å². The average Bonchev–Trinajstić information content (AvgIpc) is 2.65. The van der Waals surface area contributed by atoms with Gasteiger partial charge in [0, 0.05) is 12.6 Å². The summed E-state index contributed by atoms with van der Waals surface area (Å²) in [6.45, 7) is 7.63. The number of nitrogens with two attached hydrogens (primary N) is 1. The van der Waals surface area contributed by atoms with E-state index in [4.69, 9.17) is 19.9 Å². The Balaban J connectivity index is 0.00000392. The smallest absolute Gasteiger partial charge is 0.193 e. The van der Waals surface area contributed by atoms with Crippen molar-refractivity contribution < 1.29 is 14.2 Å². The van der Waals surface area contributed by atoms with Crippen LogP contribution in [0.15, 0.2) is 41.4 Å². The third kappa shape index (κ3) is 7.10. The molecule has 0 bridgehead atoms. The van der Waals surface area contributed by atoms with E-state index in [1.54, 1.807) is 7.11 Å². The first-order chi connectivity index (χ1) is 13.1. The van der Waals surface area contributed by atoms with E-state index < -0.39 is 0 Å². The molecule has 0 saturated heterocycles. The quantitative estimate of drug-likeness (QED) is 0.304. The van der Waals surface area contributed by atoms with Crippen molar-refractivity contribution in [2.75, 3.05) is 32.2 Å². The van der Waals surface area contributed by atoms with Crippen LogP contribution in [0.5, 0.6) is 17.2 Å². The Labute approximate surface area is 184 Å². The van der Waals surface area contributed by atoms with E-state index in [1.807, 2.05) is 51.1 Å². The lowest BCUT2D eigenvalue weighted by atomic mass is 10.1. The predicted molar refractivity (Wildman–Crippen MR) is 126 cm³/mol. The monoisotopic (exact) mass is 499 g/mol. The topological polar surface area (TPSA) is 78.1 Å². The van der Waals surface area contributed by atoms with Gasteiger partial charge in [0.1, 0.15) is 17.2 Å². The summed E-state index contributed by atoms with van der Waals surface area (Å²) >= 11 is 0. The maximum Gasteiger partial charge on any atom is 0.193 e. The van der Waals surface area contributed by atoms with Crippen LogP contribution in [-0.2, 0) is 6.42 Å². The van der Waals surface area contributed by atoms with Crippen LogP contribution in [0.1, 0.15) is 25.0 Å². The number of aliphatic imine (C=N–C) groups is 1. The first-order valence-electron chi connectivity index (χ1n) is 9.17. The van der Waals surface area contributed by atoms with Gasteiger partial charge >= 0.3 is 0 Å². The van der Waals surface area contributed by atoms with Gasteiger partial charge in [-0.1, -0.05) is 12.1 Å². The van der Waals surface area contributed by atoms with Crippen molar-refractivity contribution >= 4 is 35.6 Å². The van der Waals surface area contributed by atoms with Gasteiger partial charge in [-0.3, -0.25) is 4.99 Å². The minimum absolute atomic E-state index is 0. The fourth-order valence-electron chi connectivity index (χ4n) is 2.65. The highest BCUT2D eigenvalue weighted by Gasteiger charge is 2.07. The lowest BCUT2D eigenvalue weighted by Crippen LogP contribution is -2.23. The number of benzene rings is 2. The number of hydrogen-bond donors (Lipinski definition) is 2. The molecule has 0 unspecified atom stereocenters. The summed E-state index contributed by atoms with van der Waals surface area (Å²) in [5, 5.41) is 3.11. The lowest BCUT2D eigenvalue weighted by molar-refractivity contribution is 0.332. The van der Waals surface area contributed by atoms with E-state index in [2.05, 4.69) is 16.4 Å². The number of anilines is 1. The summed E-state index contributed by atoms with van der Waals surface area (Å²) in [4.78, 5) is 4.42. The molecule has 28 heavy (non-hydrogen) atoms. The maximum atomic E-state index is 6.06. The molecule has 0 aromatic heterocycles. The number of nitrogens with one attached hydrogen (secondary N) is 1. The Morgan fingerprint density at radius 2 is 1.79 bits per heavy atom. The van der Waals surface area contributed by atoms with Crippen molar-refractivity contribution in [3.63, 3.8) is 0 Å². The molecule has 2 aromatic rings. The van der Waals surface area contributed by atoms with E-state index in [9.17, 15) is 0 Å². The molecule has 0 spiro atoms. The van der Waals surface area contributed by atoms with E-state index in [-0.39, 0.29) is 24.0 Å². The van der Waals surface area contributed by atoms with Gasteiger partial charge in [-0.15, -0.1) is 24.0 Å². The number of methoxy groups -OCH3 is 1. The number of ether oxygens (including phenoxy) is 3. The number of rotatable bonds is 9. The number of aryl methyl sites for hydroxylation is 1. The minimum atomic E-state index is 0. The second-order valence-corrected chi connectivity index (χ2v) is 5.97. The summed E-state index contributed by atoms with van der Waals surface area (Å²) in [5.41, 5.74) is 9.06. The summed E-state index contributed by atoms with van der Waals surface area (Å²) < 4.78 is 16.5. The number of guanidine groups is 1. The van der Waals surface area contributed by atoms with Crippen molar-refractivity contribution in [1.29, 1.82) is 0 Å². The molecular weight excluding hydrogens is 469 g/mol. The summed E-state index contributed by atoms with van der Waals surface area (Å²) in [5.74, 6) is 2.69. The third-order valence-electron chi connectivity index (χ3n) is 3.98. The maximum absolute atomic E-state index is 6.06. The molecule has 0 saturated carbocycles. The number of nitrogens with zero attached hydrogens (tertiary/aromatic N) is 1. The molecule has 3 N–H and O–H groups in total. The fourth-order valence-corrected chi connectivity index (χ4v) is 2.65. The highest BCUT2D eigenvalue weighted by Crippen LogP contribution is 2.29. The van der Waals surface area contributed by atoms with Crippen molar-refractivity contribution in [1.82, 2.24) is 0 Å². The second kappa shape index (κ2) is 12.3. The van der Waals surface area contributed by atoms with Crippen LogP contribution in [0.3, 0.4) is 0 Å². The number of hydrogen-bond acceptors (Lipinski definition) is 4. The fraction of sp³-hybridized carbons (Fsp3) is 0.381. The first kappa shape index (κ1) is 23.9. The minimum Gasteiger partial charge on any atom is -0.496 e. The average molecular weight is 499 g/mol. The molecule has 0 amide bonds. The highest BCUT2D eigenvalue weighted by atomic mass is 127. The number of halogens is 1. The van der Waals surface area contributed by atoms with Crippen LogP contribution in [-0.4, -0.2) is 32.8 Å². The molecule has 2 rings (SSSR count). The van der Waals surface area contributed by atoms with Gasteiger partial charge in [-0.2, -0.15) is 0 Å². The van der Waals surface area contributed by atoms with Gasteiger partial charge in [-0.25, -0.2) is 0 Å². The van der Waals surface area contributed by atoms with Crippen molar-refractivity contribution in [2.45, 2.75) is 27.2 Å². The highest BCUT2D eigenvalue weighted by molar-refractivity contribution is 14.0. The van der Waals surface area contributed by atoms with E-state index >= 15 is 0 Å². The van der Waals surface area contributed by atoms with Crippen molar-refractivity contribution in [2.24, 2.45) is 10.7 Å². The molecule has 0 aliphatic rings. The van der Waals surface area contributed by atoms with Gasteiger partial charge < -0.3 is 25.3 Å². The third-order valence-corrected chi connectivity index (χ3v) is 3.98. The van der Waals surface area contributed by atoms with Crippen LogP contribution in [0.2, 0.25) is 0 Å². The molecule has 0 fully saturated rings. The largest absolute Gasteiger partial charge is 0.496 e. The van der Waals surface area contributed by atoms with Crippen molar-refractivity contribution in [3.05, 3.63) is 47.5 Å². The van der Waals surface area contributed by atoms with Crippen molar-refractivity contribution in [3.8, 4) is 17.2 Å². The predicted octanol–water partition coefficient (Wildman–Crippen LogP) is 4.39. The van der Waals surface area contributed by atoms with Crippen LogP contribution >= 0.6 is 24.0 Å². The molecule has 0 aliphatic heterocycles. The SMILES string of the molecule is CCOc1ccc(OCC)c(NC(N)=NCCc2ccc(C)c(OC)c2)c1.I. The molecule has 0 heterocycles. The zero-order valence-corrected chi connectivity index (χ0v) is 19.3. The van der Waals surface area contributed by atoms with E-state index in [0.29, 0.717) is 31.5 Å². The first-order valence-corrected chi connectivity index (χ1v) is 9.17. The molecule has 7 heteroatoms. The van der Waals surface area contributed by atoms with E-state index in [0.717, 1.165) is 34.7 Å². The molecule has 0 atom stereocenters. The Morgan fingerprint density at radius 3 is 2.46 bits per heavy atom. The Bertz CT molecular complexity index is 781. The molecule has 2 aromatic carbocycles. The molecule has 154 valence electrons. The zero-order valence-electron chi connectivity index (χ0n) is 17.0. The summed E-state index contributed by atoms with van der Waals surface area (Å²) in [6, 6.07) is 11.8. The normalized spacial score (nSPS) is 10.8. The zero-order chi connectivity index (χ0) is 19.6. The molecular formula is C21H30IN3O3. The molecule has 0 aliphatic carbocycles. The molecule has 0 radical (unpaired) electrons. The van der Waals surface area contributed by atoms with Crippen LogP contribution < -0.4 is 25.3 Å². The lowest BCUT2D eigenvalue weighted by Gasteiger charge is -2.14. The van der Waals surface area contributed by atoms with Gasteiger partial charge in [0.25, 0.3) is 0 Å². The van der Waals surface area contributed by atoms with Crippen LogP contribution in [0.4, 0.5) is 5.69 Å². The Kier molecular flexibility index (Phi) is 10.5. The Morgan fingerprint density at radius 1 is 1.04 bits per heavy atom. The molecule has 6 nitrogen and oxygen atoms in total. The van der Waals surface area contributed by atoms with Gasteiger partial charge in [0.15, 0.2) is 5.96 Å². The van der Waals surface area contributed by atoms with Crippen LogP contribution in [0.25, 0.3) is 0 Å². The summed E-state index contributed by atoms with van der Waals surface area (Å²) in [6.07, 6.45) is 0.774. The Hall–Kier alpha value is -2.16. The van der Waals surface area contributed by atoms with E-state index in [1.165, 1.54) is 0 Å². The van der Waals surface area contributed by atoms with Gasteiger partial charge in [0.2, 0.25) is 0 Å². The summed E-state index contributed by atoms with van der Waals surface area (Å²) in [7, 11) is 1.68. The standard InChI is InChI=1S/C21H29N3O3.HI/c1-5-26-17-9-10-19(27-6-2)18(14-17)24-21(22)23-12-11-16-8-7-15(3)20(13-16)25-4;/h7-10,13-14H,5-6,11-12H2,1-4H3,(H3,22,23,24);1H. The van der Waals surface area contributed by atoms with Gasteiger partial charge in [-0.05, 0) is 56.5 Å². The van der Waals surface area contributed by atoms with Gasteiger partial charge in [0.05, 0.1) is 26.0 Å². The second-order valence-electron chi connectivity index (χ2n) is 5.97.